The van der Waals surface area contributed by atoms with Crippen molar-refractivity contribution in [1.82, 2.24) is 5.32 Å². The number of methoxy groups -OCH3 is 1. The van der Waals surface area contributed by atoms with Crippen LogP contribution in [0.25, 0.3) is 0 Å². The molecule has 0 aliphatic carbocycles. The molecule has 124 valence electrons. The van der Waals surface area contributed by atoms with Gasteiger partial charge in [-0.15, -0.1) is 0 Å². The van der Waals surface area contributed by atoms with Crippen molar-refractivity contribution in [3.05, 3.63) is 59.2 Å². The Kier molecular flexibility index (Phi) is 6.95. The molecule has 0 saturated heterocycles. The molecule has 2 rings (SSSR count). The molecule has 2 aromatic rings. The fraction of sp³-hybridized carbons (Fsp3) is 0.400. The summed E-state index contributed by atoms with van der Waals surface area (Å²) in [7, 11) is 1.68. The molecule has 0 atom stereocenters. The number of aryl methyl sites for hydroxylation is 1. The van der Waals surface area contributed by atoms with E-state index in [9.17, 15) is 0 Å². The average molecular weight is 313 g/mol. The first kappa shape index (κ1) is 17.4. The second-order valence-corrected chi connectivity index (χ2v) is 5.73. The molecule has 0 spiro atoms. The number of benzene rings is 2. The van der Waals surface area contributed by atoms with Gasteiger partial charge in [0, 0.05) is 6.54 Å². The zero-order chi connectivity index (χ0) is 16.5. The number of nitrogens with one attached hydrogen (secondary N) is 1. The van der Waals surface area contributed by atoms with Crippen LogP contribution < -0.4 is 14.8 Å². The lowest BCUT2D eigenvalue weighted by Crippen LogP contribution is -2.14. The Morgan fingerprint density at radius 1 is 1.04 bits per heavy atom. The summed E-state index contributed by atoms with van der Waals surface area (Å²) in [5.74, 6) is 1.57. The predicted octanol–water partition coefficient (Wildman–Crippen LogP) is 4.47. The Morgan fingerprint density at radius 3 is 2.61 bits per heavy atom. The largest absolute Gasteiger partial charge is 0.493 e. The number of ether oxygens (including phenoxy) is 2. The Hall–Kier alpha value is -2.00. The second kappa shape index (κ2) is 9.21. The lowest BCUT2D eigenvalue weighted by Gasteiger charge is -2.13. The maximum absolute atomic E-state index is 5.95. The SMILES string of the molecule is CCCCNCc1ccc(OCc2ccccc2C)c(OC)c1. The Balaban J connectivity index is 1.97. The molecule has 0 aromatic heterocycles. The van der Waals surface area contributed by atoms with Crippen LogP contribution in [0.5, 0.6) is 11.5 Å². The molecular formula is C20H27NO2. The highest BCUT2D eigenvalue weighted by Crippen LogP contribution is 2.29. The molecule has 0 radical (unpaired) electrons. The van der Waals surface area contributed by atoms with E-state index in [4.69, 9.17) is 9.47 Å². The molecule has 0 bridgehead atoms. The molecule has 0 heterocycles. The van der Waals surface area contributed by atoms with E-state index in [1.807, 2.05) is 24.3 Å². The fourth-order valence-electron chi connectivity index (χ4n) is 2.40. The third-order valence-electron chi connectivity index (χ3n) is 3.91. The summed E-state index contributed by atoms with van der Waals surface area (Å²) < 4.78 is 11.4. The molecule has 0 aliphatic rings. The maximum Gasteiger partial charge on any atom is 0.161 e. The van der Waals surface area contributed by atoms with Crippen molar-refractivity contribution in [3.8, 4) is 11.5 Å². The van der Waals surface area contributed by atoms with Crippen LogP contribution in [0.4, 0.5) is 0 Å². The molecular weight excluding hydrogens is 286 g/mol. The van der Waals surface area contributed by atoms with Gasteiger partial charge in [0.25, 0.3) is 0 Å². The van der Waals surface area contributed by atoms with E-state index < -0.39 is 0 Å². The van der Waals surface area contributed by atoms with Crippen molar-refractivity contribution < 1.29 is 9.47 Å². The van der Waals surface area contributed by atoms with E-state index in [0.717, 1.165) is 24.6 Å². The van der Waals surface area contributed by atoms with Crippen molar-refractivity contribution in [1.29, 1.82) is 0 Å². The van der Waals surface area contributed by atoms with Crippen LogP contribution in [0.15, 0.2) is 42.5 Å². The average Bonchev–Trinajstić information content (AvgIpc) is 2.58. The van der Waals surface area contributed by atoms with Crippen LogP contribution >= 0.6 is 0 Å². The van der Waals surface area contributed by atoms with Crippen molar-refractivity contribution in [2.45, 2.75) is 39.8 Å². The second-order valence-electron chi connectivity index (χ2n) is 5.73. The molecule has 3 heteroatoms. The highest BCUT2D eigenvalue weighted by Gasteiger charge is 2.07. The minimum Gasteiger partial charge on any atom is -0.493 e. The van der Waals surface area contributed by atoms with E-state index in [-0.39, 0.29) is 0 Å². The lowest BCUT2D eigenvalue weighted by atomic mass is 10.1. The van der Waals surface area contributed by atoms with Gasteiger partial charge in [-0.1, -0.05) is 43.7 Å². The van der Waals surface area contributed by atoms with Crippen molar-refractivity contribution in [3.63, 3.8) is 0 Å². The number of unbranched alkanes of at least 4 members (excludes halogenated alkanes) is 1. The van der Waals surface area contributed by atoms with Gasteiger partial charge in [-0.2, -0.15) is 0 Å². The van der Waals surface area contributed by atoms with Crippen molar-refractivity contribution in [2.75, 3.05) is 13.7 Å². The van der Waals surface area contributed by atoms with Crippen LogP contribution in [0, 0.1) is 6.92 Å². The molecule has 0 amide bonds. The highest BCUT2D eigenvalue weighted by molar-refractivity contribution is 5.43. The summed E-state index contributed by atoms with van der Waals surface area (Å²) in [4.78, 5) is 0. The molecule has 23 heavy (non-hydrogen) atoms. The molecule has 3 nitrogen and oxygen atoms in total. The normalized spacial score (nSPS) is 10.6. The summed E-state index contributed by atoms with van der Waals surface area (Å²) in [6, 6.07) is 14.4. The first-order valence-electron chi connectivity index (χ1n) is 8.29. The fourth-order valence-corrected chi connectivity index (χ4v) is 2.40. The topological polar surface area (TPSA) is 30.5 Å². The van der Waals surface area contributed by atoms with Gasteiger partial charge >= 0.3 is 0 Å². The van der Waals surface area contributed by atoms with E-state index in [1.54, 1.807) is 7.11 Å². The van der Waals surface area contributed by atoms with Gasteiger partial charge < -0.3 is 14.8 Å². The Labute approximate surface area is 139 Å². The summed E-state index contributed by atoms with van der Waals surface area (Å²) in [5.41, 5.74) is 3.64. The van der Waals surface area contributed by atoms with Gasteiger partial charge in [0.15, 0.2) is 11.5 Å². The van der Waals surface area contributed by atoms with Gasteiger partial charge in [0.1, 0.15) is 6.61 Å². The van der Waals surface area contributed by atoms with Crippen LogP contribution in [0.1, 0.15) is 36.5 Å². The minimum atomic E-state index is 0.553. The number of hydrogen-bond acceptors (Lipinski definition) is 3. The standard InChI is InChI=1S/C20H27NO2/c1-4-5-12-21-14-17-10-11-19(20(13-17)22-3)23-15-18-9-7-6-8-16(18)2/h6-11,13,21H,4-5,12,14-15H2,1-3H3. The van der Waals surface area contributed by atoms with Crippen molar-refractivity contribution >= 4 is 0 Å². The van der Waals surface area contributed by atoms with Gasteiger partial charge in [-0.05, 0) is 48.7 Å². The maximum atomic E-state index is 5.95. The van der Waals surface area contributed by atoms with Crippen LogP contribution in [-0.4, -0.2) is 13.7 Å². The zero-order valence-corrected chi connectivity index (χ0v) is 14.4. The van der Waals surface area contributed by atoms with Crippen molar-refractivity contribution in [2.24, 2.45) is 0 Å². The monoisotopic (exact) mass is 313 g/mol. The summed E-state index contributed by atoms with van der Waals surface area (Å²) >= 11 is 0. The third kappa shape index (κ3) is 5.29. The molecule has 2 aromatic carbocycles. The highest BCUT2D eigenvalue weighted by atomic mass is 16.5. The van der Waals surface area contributed by atoms with E-state index >= 15 is 0 Å². The van der Waals surface area contributed by atoms with Gasteiger partial charge in [-0.3, -0.25) is 0 Å². The predicted molar refractivity (Wildman–Crippen MR) is 95.1 cm³/mol. The van der Waals surface area contributed by atoms with E-state index in [1.165, 1.54) is 29.5 Å². The molecule has 0 saturated carbocycles. The minimum absolute atomic E-state index is 0.553. The van der Waals surface area contributed by atoms with Gasteiger partial charge in [0.2, 0.25) is 0 Å². The van der Waals surface area contributed by atoms with Gasteiger partial charge in [0.05, 0.1) is 7.11 Å². The summed E-state index contributed by atoms with van der Waals surface area (Å²) in [6.45, 7) is 6.75. The van der Waals surface area contributed by atoms with E-state index in [2.05, 4.69) is 37.4 Å². The first-order chi connectivity index (χ1) is 11.2. The molecule has 0 aliphatic heterocycles. The third-order valence-corrected chi connectivity index (χ3v) is 3.91. The molecule has 0 unspecified atom stereocenters. The quantitative estimate of drug-likeness (QED) is 0.693. The molecule has 0 fully saturated rings. The summed E-state index contributed by atoms with van der Waals surface area (Å²) in [5, 5.41) is 3.44. The number of hydrogen-bond donors (Lipinski definition) is 1. The van der Waals surface area contributed by atoms with Crippen LogP contribution in [0.2, 0.25) is 0 Å². The first-order valence-corrected chi connectivity index (χ1v) is 8.29. The van der Waals surface area contributed by atoms with E-state index in [0.29, 0.717) is 6.61 Å². The zero-order valence-electron chi connectivity index (χ0n) is 14.4. The summed E-state index contributed by atoms with van der Waals surface area (Å²) in [6.07, 6.45) is 2.41. The lowest BCUT2D eigenvalue weighted by molar-refractivity contribution is 0.283. The molecule has 1 N–H and O–H groups in total. The Bertz CT molecular complexity index is 610. The van der Waals surface area contributed by atoms with Gasteiger partial charge in [-0.25, -0.2) is 0 Å². The van der Waals surface area contributed by atoms with Crippen LogP contribution in [0.3, 0.4) is 0 Å². The number of rotatable bonds is 9. The van der Waals surface area contributed by atoms with Crippen LogP contribution in [-0.2, 0) is 13.2 Å². The Morgan fingerprint density at radius 2 is 1.87 bits per heavy atom. The smallest absolute Gasteiger partial charge is 0.161 e.